The lowest BCUT2D eigenvalue weighted by atomic mass is 10.0. The van der Waals surface area contributed by atoms with Crippen LogP contribution in [-0.4, -0.2) is 0 Å². The van der Waals surface area contributed by atoms with Crippen LogP contribution in [0.15, 0.2) is 40.2 Å². The van der Waals surface area contributed by atoms with Crippen molar-refractivity contribution in [3.63, 3.8) is 0 Å². The highest BCUT2D eigenvalue weighted by Crippen LogP contribution is 2.28. The number of nitrogens with one attached hydrogen (secondary N) is 1. The normalized spacial score (nSPS) is 12.6. The molecule has 0 radical (unpaired) electrons. The van der Waals surface area contributed by atoms with Crippen LogP contribution in [-0.2, 0) is 6.42 Å². The Morgan fingerprint density at radius 2 is 2.18 bits per heavy atom. The van der Waals surface area contributed by atoms with Gasteiger partial charge in [0.25, 0.3) is 0 Å². The summed E-state index contributed by atoms with van der Waals surface area (Å²) in [6.07, 6.45) is 0.746. The molecular weight excluding hydrogens is 303 g/mol. The zero-order valence-corrected chi connectivity index (χ0v) is 11.4. The molecular formula is C12H12BrFN2S. The predicted octanol–water partition coefficient (Wildman–Crippen LogP) is 3.40. The summed E-state index contributed by atoms with van der Waals surface area (Å²) >= 11 is 4.93. The molecule has 1 unspecified atom stereocenters. The molecule has 1 heterocycles. The summed E-state index contributed by atoms with van der Waals surface area (Å²) in [5.74, 6) is 5.28. The van der Waals surface area contributed by atoms with Crippen LogP contribution < -0.4 is 11.3 Å². The Morgan fingerprint density at radius 3 is 2.82 bits per heavy atom. The largest absolute Gasteiger partial charge is 0.271 e. The van der Waals surface area contributed by atoms with Crippen LogP contribution >= 0.6 is 27.3 Å². The van der Waals surface area contributed by atoms with Crippen molar-refractivity contribution in [2.75, 3.05) is 0 Å². The Bertz CT molecular complexity index is 487. The van der Waals surface area contributed by atoms with Crippen LogP contribution in [0.1, 0.15) is 16.5 Å². The minimum absolute atomic E-state index is 0.0984. The van der Waals surface area contributed by atoms with E-state index >= 15 is 0 Å². The molecule has 2 rings (SSSR count). The van der Waals surface area contributed by atoms with Crippen LogP contribution in [0, 0.1) is 5.82 Å². The van der Waals surface area contributed by atoms with E-state index in [0.29, 0.717) is 4.47 Å². The molecule has 2 aromatic rings. The summed E-state index contributed by atoms with van der Waals surface area (Å²) in [4.78, 5) is 1.21. The summed E-state index contributed by atoms with van der Waals surface area (Å²) in [6.45, 7) is 0. The van der Waals surface area contributed by atoms with Gasteiger partial charge in [-0.1, -0.05) is 18.2 Å². The Balaban J connectivity index is 2.26. The Hall–Kier alpha value is -0.750. The van der Waals surface area contributed by atoms with Crippen LogP contribution in [0.25, 0.3) is 0 Å². The first-order chi connectivity index (χ1) is 8.22. The highest BCUT2D eigenvalue weighted by molar-refractivity contribution is 9.10. The molecule has 1 aromatic carbocycles. The second kappa shape index (κ2) is 5.73. The number of hydrazine groups is 1. The molecule has 0 bridgehead atoms. The second-order valence-electron chi connectivity index (χ2n) is 3.65. The minimum atomic E-state index is -0.270. The topological polar surface area (TPSA) is 38.0 Å². The van der Waals surface area contributed by atoms with Crippen molar-refractivity contribution in [2.24, 2.45) is 5.84 Å². The van der Waals surface area contributed by atoms with E-state index in [4.69, 9.17) is 5.84 Å². The van der Waals surface area contributed by atoms with Gasteiger partial charge >= 0.3 is 0 Å². The van der Waals surface area contributed by atoms with Gasteiger partial charge in [-0.2, -0.15) is 0 Å². The molecule has 2 nitrogen and oxygen atoms in total. The van der Waals surface area contributed by atoms with Crippen LogP contribution in [0.5, 0.6) is 0 Å². The molecule has 0 amide bonds. The standard InChI is InChI=1S/C12H12BrFN2S/c13-12-9(4-1-5-10(12)14)11(16-15)7-8-3-2-6-17-8/h1-6,11,16H,7,15H2. The average Bonchev–Trinajstić information content (AvgIpc) is 2.83. The van der Waals surface area contributed by atoms with Gasteiger partial charge in [0.2, 0.25) is 0 Å². The van der Waals surface area contributed by atoms with Gasteiger partial charge < -0.3 is 0 Å². The quantitative estimate of drug-likeness (QED) is 0.670. The molecule has 0 aliphatic carbocycles. The highest BCUT2D eigenvalue weighted by Gasteiger charge is 2.16. The van der Waals surface area contributed by atoms with Gasteiger partial charge in [-0.15, -0.1) is 11.3 Å². The van der Waals surface area contributed by atoms with E-state index in [1.807, 2.05) is 23.6 Å². The number of hydrogen-bond acceptors (Lipinski definition) is 3. The van der Waals surface area contributed by atoms with Crippen molar-refractivity contribution in [2.45, 2.75) is 12.5 Å². The maximum absolute atomic E-state index is 13.4. The van der Waals surface area contributed by atoms with E-state index in [0.717, 1.165) is 12.0 Å². The van der Waals surface area contributed by atoms with E-state index in [-0.39, 0.29) is 11.9 Å². The molecule has 17 heavy (non-hydrogen) atoms. The first-order valence-corrected chi connectivity index (χ1v) is 6.82. The highest BCUT2D eigenvalue weighted by atomic mass is 79.9. The minimum Gasteiger partial charge on any atom is -0.271 e. The maximum Gasteiger partial charge on any atom is 0.137 e. The molecule has 0 aliphatic rings. The van der Waals surface area contributed by atoms with Crippen molar-refractivity contribution in [3.8, 4) is 0 Å². The van der Waals surface area contributed by atoms with Crippen molar-refractivity contribution in [3.05, 3.63) is 56.4 Å². The summed E-state index contributed by atoms with van der Waals surface area (Å²) < 4.78 is 13.9. The molecule has 3 N–H and O–H groups in total. The lowest BCUT2D eigenvalue weighted by Crippen LogP contribution is -2.29. The van der Waals surface area contributed by atoms with E-state index in [9.17, 15) is 4.39 Å². The van der Waals surface area contributed by atoms with E-state index < -0.39 is 0 Å². The predicted molar refractivity (Wildman–Crippen MR) is 72.2 cm³/mol. The maximum atomic E-state index is 13.4. The van der Waals surface area contributed by atoms with Crippen molar-refractivity contribution >= 4 is 27.3 Å². The van der Waals surface area contributed by atoms with E-state index in [1.54, 1.807) is 17.4 Å². The zero-order chi connectivity index (χ0) is 12.3. The molecule has 1 aromatic heterocycles. The van der Waals surface area contributed by atoms with Crippen LogP contribution in [0.3, 0.4) is 0 Å². The average molecular weight is 315 g/mol. The number of halogens is 2. The molecule has 1 atom stereocenters. The summed E-state index contributed by atoms with van der Waals surface area (Å²) in [5.41, 5.74) is 3.57. The van der Waals surface area contributed by atoms with Crippen LogP contribution in [0.4, 0.5) is 4.39 Å². The third kappa shape index (κ3) is 2.93. The summed E-state index contributed by atoms with van der Waals surface area (Å²) in [6, 6.07) is 8.92. The van der Waals surface area contributed by atoms with Crippen molar-refractivity contribution in [1.82, 2.24) is 5.43 Å². The molecule has 0 fully saturated rings. The van der Waals surface area contributed by atoms with E-state index in [1.165, 1.54) is 10.9 Å². The molecule has 0 saturated carbocycles. The van der Waals surface area contributed by atoms with Gasteiger partial charge in [-0.25, -0.2) is 4.39 Å². The van der Waals surface area contributed by atoms with Crippen molar-refractivity contribution < 1.29 is 4.39 Å². The van der Waals surface area contributed by atoms with Crippen LogP contribution in [0.2, 0.25) is 0 Å². The molecule has 0 aliphatic heterocycles. The fourth-order valence-corrected chi connectivity index (χ4v) is 2.97. The first-order valence-electron chi connectivity index (χ1n) is 5.14. The number of hydrogen-bond donors (Lipinski definition) is 2. The van der Waals surface area contributed by atoms with Gasteiger partial charge in [-0.05, 0) is 39.0 Å². The van der Waals surface area contributed by atoms with Gasteiger partial charge in [0.15, 0.2) is 0 Å². The fraction of sp³-hybridized carbons (Fsp3) is 0.167. The summed E-state index contributed by atoms with van der Waals surface area (Å²) in [7, 11) is 0. The molecule has 0 saturated heterocycles. The third-order valence-corrected chi connectivity index (χ3v) is 4.28. The van der Waals surface area contributed by atoms with E-state index in [2.05, 4.69) is 21.4 Å². The molecule has 90 valence electrons. The molecule has 0 spiro atoms. The first kappa shape index (κ1) is 12.7. The number of nitrogens with two attached hydrogens (primary N) is 1. The third-order valence-electron chi connectivity index (χ3n) is 2.54. The monoisotopic (exact) mass is 314 g/mol. The lowest BCUT2D eigenvalue weighted by Gasteiger charge is -2.17. The molecule has 5 heteroatoms. The number of rotatable bonds is 4. The van der Waals surface area contributed by atoms with Gasteiger partial charge in [0.05, 0.1) is 10.5 Å². The number of benzene rings is 1. The number of thiophene rings is 1. The van der Waals surface area contributed by atoms with Gasteiger partial charge in [-0.3, -0.25) is 11.3 Å². The summed E-state index contributed by atoms with van der Waals surface area (Å²) in [5, 5.41) is 2.02. The van der Waals surface area contributed by atoms with Crippen molar-refractivity contribution in [1.29, 1.82) is 0 Å². The Morgan fingerprint density at radius 1 is 1.35 bits per heavy atom. The Labute approximate surface area is 112 Å². The SMILES string of the molecule is NNC(Cc1cccs1)c1cccc(F)c1Br. The van der Waals surface area contributed by atoms with Gasteiger partial charge in [0.1, 0.15) is 5.82 Å². The fourth-order valence-electron chi connectivity index (χ4n) is 1.68. The Kier molecular flexibility index (Phi) is 4.28. The van der Waals surface area contributed by atoms with Gasteiger partial charge in [0, 0.05) is 11.3 Å². The lowest BCUT2D eigenvalue weighted by molar-refractivity contribution is 0.543. The zero-order valence-electron chi connectivity index (χ0n) is 8.99. The second-order valence-corrected chi connectivity index (χ2v) is 5.47. The smallest absolute Gasteiger partial charge is 0.137 e.